The summed E-state index contributed by atoms with van der Waals surface area (Å²) in [4.78, 5) is 11.0. The Morgan fingerprint density at radius 2 is 2.07 bits per heavy atom. The summed E-state index contributed by atoms with van der Waals surface area (Å²) in [5.74, 6) is -0.218. The first-order chi connectivity index (χ1) is 6.68. The summed E-state index contributed by atoms with van der Waals surface area (Å²) in [6, 6.07) is 2.12. The Hall–Kier alpha value is -1.04. The molecule has 0 bridgehead atoms. The van der Waals surface area contributed by atoms with E-state index in [1.165, 1.54) is 13.3 Å². The Morgan fingerprint density at radius 1 is 1.43 bits per heavy atom. The average Bonchev–Trinajstić information content (AvgIpc) is 2.15. The number of hydrogen-bond acceptors (Lipinski definition) is 3. The summed E-state index contributed by atoms with van der Waals surface area (Å²) < 4.78 is 5.39. The van der Waals surface area contributed by atoms with Crippen LogP contribution in [0.1, 0.15) is 51.9 Å². The molecule has 0 atom stereocenters. The number of nitriles is 1. The number of carbonyl (C=O) groups is 1. The van der Waals surface area contributed by atoms with Gasteiger partial charge in [0.25, 0.3) is 0 Å². The third-order valence-corrected chi connectivity index (χ3v) is 2.82. The van der Waals surface area contributed by atoms with E-state index in [2.05, 4.69) is 6.07 Å². The van der Waals surface area contributed by atoms with Crippen LogP contribution < -0.4 is 0 Å². The summed E-state index contributed by atoms with van der Waals surface area (Å²) in [5, 5.41) is 8.55. The van der Waals surface area contributed by atoms with Crippen molar-refractivity contribution in [1.29, 1.82) is 5.26 Å². The molecule has 78 valence electrons. The van der Waals surface area contributed by atoms with Gasteiger partial charge in [-0.2, -0.15) is 5.26 Å². The molecule has 0 unspecified atom stereocenters. The minimum atomic E-state index is -0.320. The molecule has 0 aromatic carbocycles. The van der Waals surface area contributed by atoms with Crippen LogP contribution in [-0.2, 0) is 9.53 Å². The van der Waals surface area contributed by atoms with Crippen LogP contribution in [0.5, 0.6) is 0 Å². The zero-order valence-corrected chi connectivity index (χ0v) is 8.71. The number of rotatable bonds is 3. The van der Waals surface area contributed by atoms with Gasteiger partial charge in [-0.05, 0) is 25.7 Å². The molecule has 0 aliphatic heterocycles. The van der Waals surface area contributed by atoms with E-state index >= 15 is 0 Å². The quantitative estimate of drug-likeness (QED) is 0.650. The molecule has 3 heteroatoms. The zero-order valence-electron chi connectivity index (χ0n) is 8.71. The highest BCUT2D eigenvalue weighted by molar-refractivity contribution is 5.66. The van der Waals surface area contributed by atoms with Crippen molar-refractivity contribution in [2.75, 3.05) is 0 Å². The number of ether oxygens (including phenoxy) is 1. The SMILES string of the molecule is CC(=O)OC1(CCC#N)CCCCC1. The lowest BCUT2D eigenvalue weighted by atomic mass is 9.81. The lowest BCUT2D eigenvalue weighted by Gasteiger charge is -2.36. The Kier molecular flexibility index (Phi) is 3.94. The molecule has 14 heavy (non-hydrogen) atoms. The fourth-order valence-electron chi connectivity index (χ4n) is 2.19. The van der Waals surface area contributed by atoms with Crippen LogP contribution in [0.25, 0.3) is 0 Å². The van der Waals surface area contributed by atoms with Crippen LogP contribution in [0.4, 0.5) is 0 Å². The van der Waals surface area contributed by atoms with E-state index < -0.39 is 0 Å². The average molecular weight is 195 g/mol. The second-order valence-corrected chi connectivity index (χ2v) is 4.00. The van der Waals surface area contributed by atoms with Crippen molar-refractivity contribution in [3.8, 4) is 6.07 Å². The highest BCUT2D eigenvalue weighted by atomic mass is 16.6. The van der Waals surface area contributed by atoms with Gasteiger partial charge in [0, 0.05) is 19.8 Å². The van der Waals surface area contributed by atoms with Gasteiger partial charge in [0.15, 0.2) is 0 Å². The molecular weight excluding hydrogens is 178 g/mol. The van der Waals surface area contributed by atoms with Gasteiger partial charge in [-0.15, -0.1) is 0 Å². The largest absolute Gasteiger partial charge is 0.459 e. The van der Waals surface area contributed by atoms with E-state index in [4.69, 9.17) is 10.00 Å². The predicted octanol–water partition coefficient (Wildman–Crippen LogP) is 2.56. The molecule has 1 rings (SSSR count). The highest BCUT2D eigenvalue weighted by Crippen LogP contribution is 2.35. The standard InChI is InChI=1S/C11H17NO2/c1-10(13)14-11(8-5-9-12)6-3-2-4-7-11/h2-8H2,1H3. The zero-order chi connectivity index (χ0) is 10.4. The van der Waals surface area contributed by atoms with Crippen molar-refractivity contribution in [3.63, 3.8) is 0 Å². The summed E-state index contributed by atoms with van der Waals surface area (Å²) in [7, 11) is 0. The molecule has 1 aliphatic rings. The number of hydrogen-bond donors (Lipinski definition) is 0. The van der Waals surface area contributed by atoms with Gasteiger partial charge < -0.3 is 4.74 Å². The molecule has 0 amide bonds. The Balaban J connectivity index is 2.57. The fraction of sp³-hybridized carbons (Fsp3) is 0.818. The summed E-state index contributed by atoms with van der Waals surface area (Å²) in [6.07, 6.45) is 6.46. The van der Waals surface area contributed by atoms with Crippen molar-refractivity contribution in [1.82, 2.24) is 0 Å². The van der Waals surface area contributed by atoms with Crippen LogP contribution in [0.2, 0.25) is 0 Å². The molecule has 1 fully saturated rings. The fourth-order valence-corrected chi connectivity index (χ4v) is 2.19. The van der Waals surface area contributed by atoms with Gasteiger partial charge in [-0.1, -0.05) is 6.42 Å². The monoisotopic (exact) mass is 195 g/mol. The van der Waals surface area contributed by atoms with Crippen molar-refractivity contribution in [2.24, 2.45) is 0 Å². The Labute approximate surface area is 85.1 Å². The van der Waals surface area contributed by atoms with Crippen molar-refractivity contribution < 1.29 is 9.53 Å². The van der Waals surface area contributed by atoms with Gasteiger partial charge in [-0.25, -0.2) is 0 Å². The first-order valence-corrected chi connectivity index (χ1v) is 5.25. The topological polar surface area (TPSA) is 50.1 Å². The first kappa shape index (κ1) is 11.0. The molecule has 0 N–H and O–H groups in total. The van der Waals surface area contributed by atoms with Crippen molar-refractivity contribution >= 4 is 5.97 Å². The normalized spacial score (nSPS) is 19.7. The van der Waals surface area contributed by atoms with E-state index in [0.717, 1.165) is 25.7 Å². The van der Waals surface area contributed by atoms with Crippen molar-refractivity contribution in [2.45, 2.75) is 57.5 Å². The number of carbonyl (C=O) groups excluding carboxylic acids is 1. The second-order valence-electron chi connectivity index (χ2n) is 4.00. The van der Waals surface area contributed by atoms with Gasteiger partial charge in [0.05, 0.1) is 6.07 Å². The molecular formula is C11H17NO2. The Morgan fingerprint density at radius 3 is 2.57 bits per heavy atom. The molecule has 1 aliphatic carbocycles. The van der Waals surface area contributed by atoms with Gasteiger partial charge in [0.1, 0.15) is 5.60 Å². The molecule has 0 aromatic heterocycles. The minimum Gasteiger partial charge on any atom is -0.459 e. The molecule has 3 nitrogen and oxygen atoms in total. The van der Waals surface area contributed by atoms with Crippen LogP contribution in [0, 0.1) is 11.3 Å². The maximum absolute atomic E-state index is 11.0. The summed E-state index contributed by atoms with van der Waals surface area (Å²) in [6.45, 7) is 1.45. The summed E-state index contributed by atoms with van der Waals surface area (Å²) >= 11 is 0. The molecule has 0 radical (unpaired) electrons. The first-order valence-electron chi connectivity index (χ1n) is 5.25. The third-order valence-electron chi connectivity index (χ3n) is 2.82. The lowest BCUT2D eigenvalue weighted by Crippen LogP contribution is -2.36. The third kappa shape index (κ3) is 3.02. The maximum atomic E-state index is 11.0. The second kappa shape index (κ2) is 4.99. The van der Waals surface area contributed by atoms with Crippen LogP contribution in [0.15, 0.2) is 0 Å². The smallest absolute Gasteiger partial charge is 0.303 e. The van der Waals surface area contributed by atoms with E-state index in [1.54, 1.807) is 0 Å². The van der Waals surface area contributed by atoms with E-state index in [9.17, 15) is 4.79 Å². The van der Waals surface area contributed by atoms with E-state index in [-0.39, 0.29) is 11.6 Å². The van der Waals surface area contributed by atoms with E-state index in [0.29, 0.717) is 12.8 Å². The van der Waals surface area contributed by atoms with Crippen molar-refractivity contribution in [3.05, 3.63) is 0 Å². The summed E-state index contributed by atoms with van der Waals surface area (Å²) in [5.41, 5.74) is -0.320. The minimum absolute atomic E-state index is 0.218. The number of nitrogens with zero attached hydrogens (tertiary/aromatic N) is 1. The Bertz CT molecular complexity index is 236. The molecule has 0 heterocycles. The molecule has 0 saturated heterocycles. The molecule has 0 aromatic rings. The van der Waals surface area contributed by atoms with Crippen LogP contribution in [0.3, 0.4) is 0 Å². The molecule has 1 saturated carbocycles. The van der Waals surface area contributed by atoms with Crippen LogP contribution >= 0.6 is 0 Å². The van der Waals surface area contributed by atoms with E-state index in [1.807, 2.05) is 0 Å². The van der Waals surface area contributed by atoms with Gasteiger partial charge in [-0.3, -0.25) is 4.79 Å². The lowest BCUT2D eigenvalue weighted by molar-refractivity contribution is -0.161. The van der Waals surface area contributed by atoms with Crippen LogP contribution in [-0.4, -0.2) is 11.6 Å². The highest BCUT2D eigenvalue weighted by Gasteiger charge is 2.34. The predicted molar refractivity (Wildman–Crippen MR) is 52.4 cm³/mol. The maximum Gasteiger partial charge on any atom is 0.303 e. The van der Waals surface area contributed by atoms with Gasteiger partial charge in [0.2, 0.25) is 0 Å². The molecule has 0 spiro atoms. The van der Waals surface area contributed by atoms with Gasteiger partial charge >= 0.3 is 5.97 Å². The number of esters is 1.